The molecule has 0 N–H and O–H groups in total. The topological polar surface area (TPSA) is 17.1 Å². The van der Waals surface area contributed by atoms with E-state index >= 15 is 0 Å². The Morgan fingerprint density at radius 1 is 1.20 bits per heavy atom. The van der Waals surface area contributed by atoms with Gasteiger partial charge in [0.2, 0.25) is 0 Å². The largest absolute Gasteiger partial charge is 0 e. The minimum absolute atomic E-state index is 0. The maximum atomic E-state index is 7.94. The fraction of sp³-hybridized carbons (Fsp3) is 0. The van der Waals surface area contributed by atoms with Gasteiger partial charge < -0.3 is 0 Å². The first-order valence-corrected chi connectivity index (χ1v) is 0.561. The molecule has 0 rings (SSSR count). The normalized spacial score (nSPS) is 1.00. The molecule has 30 valence electrons. The van der Waals surface area contributed by atoms with Crippen LogP contribution in [0.25, 0.3) is 0 Å². The fourth-order valence-corrected chi connectivity index (χ4v) is 0. The van der Waals surface area contributed by atoms with Gasteiger partial charge >= 0.3 is 70.9 Å². The molecule has 0 atom stereocenters. The van der Waals surface area contributed by atoms with Crippen molar-refractivity contribution >= 4 is 51.4 Å². The Hall–Kier alpha value is 3.05. The van der Waals surface area contributed by atoms with E-state index in [1.807, 2.05) is 0 Å². The van der Waals surface area contributed by atoms with Crippen molar-refractivity contribution in [1.82, 2.24) is 0 Å². The summed E-state index contributed by atoms with van der Waals surface area (Å²) >= 11 is 2.31. The predicted molar refractivity (Wildman–Crippen MR) is 7.84 cm³/mol. The maximum absolute atomic E-state index is 7.94. The van der Waals surface area contributed by atoms with Gasteiger partial charge in [0.25, 0.3) is 0 Å². The molecule has 0 amide bonds. The molecule has 0 unspecified atom stereocenters. The molecule has 0 fully saturated rings. The Labute approximate surface area is 104 Å². The van der Waals surface area contributed by atoms with Crippen molar-refractivity contribution < 1.29 is 55.2 Å². The summed E-state index contributed by atoms with van der Waals surface area (Å²) in [6.07, 6.45) is 0. The van der Waals surface area contributed by atoms with Crippen LogP contribution >= 0.6 is 0 Å². The van der Waals surface area contributed by atoms with E-state index in [2.05, 4.69) is 15.7 Å². The van der Waals surface area contributed by atoms with Crippen LogP contribution in [0.2, 0.25) is 0 Å². The van der Waals surface area contributed by atoms with Gasteiger partial charge in [-0.2, -0.15) is 0 Å². The van der Waals surface area contributed by atoms with Gasteiger partial charge in [0.05, 0.1) is 0 Å². The molecule has 0 aliphatic carbocycles. The molecule has 0 saturated heterocycles. The Balaban J connectivity index is -0.00000000167. The smallest absolute Gasteiger partial charge is 0 e. The zero-order valence-electron chi connectivity index (χ0n) is 1.54. The zero-order valence-corrected chi connectivity index (χ0v) is 5.08. The van der Waals surface area contributed by atoms with Gasteiger partial charge in [-0.3, -0.25) is 0 Å². The third-order valence-corrected chi connectivity index (χ3v) is 0. The first kappa shape index (κ1) is 24.4. The first-order valence-electron chi connectivity index (χ1n) is 0.136. The van der Waals surface area contributed by atoms with Crippen LogP contribution in [-0.4, -0.2) is 51.4 Å². The average Bonchev–Trinajstić information content (AvgIpc) is 1.00. The number of hydrogen-bond acceptors (Lipinski definition) is 1. The summed E-state index contributed by atoms with van der Waals surface area (Å²) in [6.45, 7) is 0. The summed E-state index contributed by atoms with van der Waals surface area (Å²) in [7, 11) is 0. The molecular formula is HCoFeKOV. The van der Waals surface area contributed by atoms with E-state index in [0.717, 1.165) is 0 Å². The summed E-state index contributed by atoms with van der Waals surface area (Å²) in [4.78, 5) is 0. The number of hydrogen-bond donors (Lipinski definition) is 0. The Bertz CT molecular complexity index is 11.6. The van der Waals surface area contributed by atoms with Gasteiger partial charge in [0.1, 0.15) is 0 Å². The van der Waals surface area contributed by atoms with Gasteiger partial charge in [-0.15, -0.1) is 0 Å². The molecular weight excluding hydrogens is 221 g/mol. The van der Waals surface area contributed by atoms with Crippen molar-refractivity contribution in [3.05, 3.63) is 0 Å². The van der Waals surface area contributed by atoms with Crippen molar-refractivity contribution in [2.75, 3.05) is 0 Å². The molecule has 0 aromatic carbocycles. The molecule has 0 aliphatic heterocycles. The minimum Gasteiger partial charge on any atom is 0 e. The van der Waals surface area contributed by atoms with E-state index in [9.17, 15) is 0 Å². The molecule has 1 nitrogen and oxygen atoms in total. The monoisotopic (exact) mass is 222 g/mol. The molecule has 0 bridgehead atoms. The van der Waals surface area contributed by atoms with Crippen LogP contribution in [0.4, 0.5) is 0 Å². The Morgan fingerprint density at radius 3 is 1.20 bits per heavy atom. The maximum Gasteiger partial charge on any atom is 0 e. The van der Waals surface area contributed by atoms with Gasteiger partial charge in [0.15, 0.2) is 0 Å². The summed E-state index contributed by atoms with van der Waals surface area (Å²) in [5.41, 5.74) is 0. The van der Waals surface area contributed by atoms with Crippen LogP contribution in [0.3, 0.4) is 0 Å². The average molecular weight is 222 g/mol. The standard InChI is InChI=1S/Co.Fe.K.O.V.H. The van der Waals surface area contributed by atoms with Crippen LogP contribution in [0, 0.1) is 0 Å². The molecule has 0 saturated carbocycles. The van der Waals surface area contributed by atoms with Gasteiger partial charge in [-0.05, 0) is 0 Å². The molecule has 5 heteroatoms. The van der Waals surface area contributed by atoms with Crippen molar-refractivity contribution in [2.24, 2.45) is 0 Å². The van der Waals surface area contributed by atoms with E-state index in [1.165, 1.54) is 0 Å². The van der Waals surface area contributed by atoms with Gasteiger partial charge in [-0.1, -0.05) is 0 Å². The molecule has 0 spiro atoms. The van der Waals surface area contributed by atoms with Crippen LogP contribution in [0.1, 0.15) is 0 Å². The molecule has 0 heterocycles. The van der Waals surface area contributed by atoms with Gasteiger partial charge in [-0.25, -0.2) is 0 Å². The van der Waals surface area contributed by atoms with E-state index < -0.39 is 0 Å². The van der Waals surface area contributed by atoms with E-state index in [1.54, 1.807) is 0 Å². The van der Waals surface area contributed by atoms with Crippen LogP contribution in [-0.2, 0) is 55.2 Å². The number of rotatable bonds is 0. The summed E-state index contributed by atoms with van der Waals surface area (Å²) in [5, 5.41) is 0. The van der Waals surface area contributed by atoms with Crippen molar-refractivity contribution in [3.8, 4) is 0 Å². The van der Waals surface area contributed by atoms with Crippen molar-refractivity contribution in [1.29, 1.82) is 0 Å². The fourth-order valence-electron chi connectivity index (χ4n) is 0. The van der Waals surface area contributed by atoms with Crippen LogP contribution in [0.5, 0.6) is 0 Å². The third-order valence-electron chi connectivity index (χ3n) is 0. The van der Waals surface area contributed by atoms with Crippen LogP contribution in [0.15, 0.2) is 0 Å². The quantitative estimate of drug-likeness (QED) is 0.491. The Morgan fingerprint density at radius 2 is 1.20 bits per heavy atom. The SMILES string of the molecule is [Fe].[KH].[O]=[Co].[V]. The van der Waals surface area contributed by atoms with E-state index in [0.29, 0.717) is 0 Å². The summed E-state index contributed by atoms with van der Waals surface area (Å²) in [6, 6.07) is 0. The van der Waals surface area contributed by atoms with E-state index in [-0.39, 0.29) is 87.0 Å². The first-order chi connectivity index (χ1) is 1.00. The minimum atomic E-state index is 0. The zero-order chi connectivity index (χ0) is 2.00. The molecule has 0 aliphatic rings. The van der Waals surface area contributed by atoms with E-state index in [4.69, 9.17) is 3.87 Å². The summed E-state index contributed by atoms with van der Waals surface area (Å²) < 4.78 is 7.94. The molecule has 1 radical (unpaired) electrons. The van der Waals surface area contributed by atoms with Crippen molar-refractivity contribution in [2.45, 2.75) is 0 Å². The summed E-state index contributed by atoms with van der Waals surface area (Å²) in [5.74, 6) is 0. The Kier molecular flexibility index (Phi) is 135. The molecule has 0 aromatic rings. The third kappa shape index (κ3) is 19.3. The second-order valence-corrected chi connectivity index (χ2v) is 0. The predicted octanol–water partition coefficient (Wildman–Crippen LogP) is -0.775. The van der Waals surface area contributed by atoms with Crippen molar-refractivity contribution in [3.63, 3.8) is 0 Å². The molecule has 5 heavy (non-hydrogen) atoms. The second kappa shape index (κ2) is 27.8. The molecule has 0 aromatic heterocycles. The van der Waals surface area contributed by atoms with Gasteiger partial charge in [0, 0.05) is 35.6 Å². The van der Waals surface area contributed by atoms with Crippen LogP contribution < -0.4 is 0 Å². The second-order valence-electron chi connectivity index (χ2n) is 0.